The molecule has 0 fully saturated rings. The lowest BCUT2D eigenvalue weighted by Gasteiger charge is -2.06. The van der Waals surface area contributed by atoms with E-state index in [4.69, 9.17) is 0 Å². The van der Waals surface area contributed by atoms with Crippen LogP contribution in [-0.4, -0.2) is 12.4 Å². The summed E-state index contributed by atoms with van der Waals surface area (Å²) < 4.78 is 0. The third kappa shape index (κ3) is 4.13. The fourth-order valence-electron chi connectivity index (χ4n) is 1.77. The van der Waals surface area contributed by atoms with Gasteiger partial charge in [0.05, 0.1) is 17.6 Å². The summed E-state index contributed by atoms with van der Waals surface area (Å²) in [4.78, 5) is 8.61. The topological polar surface area (TPSA) is 24.7 Å². The Kier molecular flexibility index (Phi) is 5.25. The Morgan fingerprint density at radius 2 is 1.78 bits per heavy atom. The molecule has 94 valence electrons. The summed E-state index contributed by atoms with van der Waals surface area (Å²) in [5.74, 6) is 0. The summed E-state index contributed by atoms with van der Waals surface area (Å²) in [7, 11) is 0. The van der Waals surface area contributed by atoms with Crippen LogP contribution in [0.15, 0.2) is 46.5 Å². The maximum atomic E-state index is 4.46. The molecule has 0 aromatic heterocycles. The average Bonchev–Trinajstić information content (AvgIpc) is 2.27. The van der Waals surface area contributed by atoms with Gasteiger partial charge in [0, 0.05) is 6.21 Å². The highest BCUT2D eigenvalue weighted by molar-refractivity contribution is 5.84. The van der Waals surface area contributed by atoms with Crippen molar-refractivity contribution in [3.05, 3.63) is 53.3 Å². The maximum absolute atomic E-state index is 4.46. The summed E-state index contributed by atoms with van der Waals surface area (Å²) in [5.41, 5.74) is 5.26. The molecule has 0 saturated carbocycles. The summed E-state index contributed by atoms with van der Waals surface area (Å²) in [5, 5.41) is 0. The molecule has 0 amide bonds. The van der Waals surface area contributed by atoms with Gasteiger partial charge in [-0.15, -0.1) is 0 Å². The van der Waals surface area contributed by atoms with E-state index < -0.39 is 0 Å². The number of rotatable bonds is 4. The average molecular weight is 240 g/mol. The Balaban J connectivity index is 2.88. The van der Waals surface area contributed by atoms with Crippen molar-refractivity contribution in [2.75, 3.05) is 0 Å². The van der Waals surface area contributed by atoms with Crippen LogP contribution in [0.1, 0.15) is 23.6 Å². The van der Waals surface area contributed by atoms with Gasteiger partial charge < -0.3 is 0 Å². The van der Waals surface area contributed by atoms with Gasteiger partial charge >= 0.3 is 0 Å². The highest BCUT2D eigenvalue weighted by atomic mass is 14.8. The molecule has 1 aromatic rings. The largest absolute Gasteiger partial charge is 0.256 e. The third-order valence-electron chi connectivity index (χ3n) is 2.50. The number of hydrogen-bond acceptors (Lipinski definition) is 2. The number of nitrogens with zero attached hydrogens (tertiary/aromatic N) is 2. The number of allylic oxidation sites excluding steroid dienone is 3. The number of hydrogen-bond donors (Lipinski definition) is 0. The van der Waals surface area contributed by atoms with Crippen molar-refractivity contribution in [1.82, 2.24) is 0 Å². The predicted molar refractivity (Wildman–Crippen MR) is 81.3 cm³/mol. The summed E-state index contributed by atoms with van der Waals surface area (Å²) in [6.45, 7) is 12.0. The first-order valence-corrected chi connectivity index (χ1v) is 6.00. The standard InChI is InChI=1S/C16H20N2/c1-6-7-8-17-15(5)11-18-16-13(3)9-12(2)10-14(16)4/h6-11H,5H2,1-4H3/b7-6-,17-8-,18-11+. The minimum Gasteiger partial charge on any atom is -0.256 e. The zero-order chi connectivity index (χ0) is 13.5. The minimum atomic E-state index is 0.646. The van der Waals surface area contributed by atoms with E-state index in [9.17, 15) is 0 Å². The van der Waals surface area contributed by atoms with Gasteiger partial charge in [-0.2, -0.15) is 0 Å². The maximum Gasteiger partial charge on any atom is 0.0740 e. The molecule has 1 rings (SSSR count). The quantitative estimate of drug-likeness (QED) is 0.693. The number of aryl methyl sites for hydroxylation is 3. The second kappa shape index (κ2) is 6.70. The van der Waals surface area contributed by atoms with Crippen molar-refractivity contribution in [3.63, 3.8) is 0 Å². The van der Waals surface area contributed by atoms with Crippen molar-refractivity contribution >= 4 is 18.1 Å². The van der Waals surface area contributed by atoms with E-state index in [0.717, 1.165) is 5.69 Å². The van der Waals surface area contributed by atoms with Gasteiger partial charge in [-0.1, -0.05) is 30.4 Å². The summed E-state index contributed by atoms with van der Waals surface area (Å²) >= 11 is 0. The number of aliphatic imine (C=N–C) groups is 2. The van der Waals surface area contributed by atoms with E-state index in [-0.39, 0.29) is 0 Å². The van der Waals surface area contributed by atoms with Crippen molar-refractivity contribution in [2.45, 2.75) is 27.7 Å². The highest BCUT2D eigenvalue weighted by Crippen LogP contribution is 2.24. The normalized spacial score (nSPS) is 12.0. The second-order valence-electron chi connectivity index (χ2n) is 4.30. The molecule has 2 heteroatoms. The third-order valence-corrected chi connectivity index (χ3v) is 2.50. The molecule has 0 aliphatic rings. The molecule has 2 nitrogen and oxygen atoms in total. The molecule has 0 heterocycles. The van der Waals surface area contributed by atoms with Gasteiger partial charge in [0.15, 0.2) is 0 Å². The van der Waals surface area contributed by atoms with Crippen LogP contribution in [0.2, 0.25) is 0 Å². The summed E-state index contributed by atoms with van der Waals surface area (Å²) in [6.07, 6.45) is 7.19. The van der Waals surface area contributed by atoms with E-state index in [0.29, 0.717) is 5.70 Å². The number of benzene rings is 1. The lowest BCUT2D eigenvalue weighted by atomic mass is 10.1. The first kappa shape index (κ1) is 14.1. The van der Waals surface area contributed by atoms with Crippen LogP contribution in [-0.2, 0) is 0 Å². The smallest absolute Gasteiger partial charge is 0.0740 e. The Labute approximate surface area is 109 Å². The molecule has 0 saturated heterocycles. The van der Waals surface area contributed by atoms with Gasteiger partial charge in [0.1, 0.15) is 0 Å². The van der Waals surface area contributed by atoms with Crippen LogP contribution < -0.4 is 0 Å². The van der Waals surface area contributed by atoms with Crippen LogP contribution in [0.3, 0.4) is 0 Å². The first-order valence-electron chi connectivity index (χ1n) is 6.00. The van der Waals surface area contributed by atoms with E-state index in [2.05, 4.69) is 49.5 Å². The van der Waals surface area contributed by atoms with E-state index >= 15 is 0 Å². The highest BCUT2D eigenvalue weighted by Gasteiger charge is 2.01. The molecular formula is C16H20N2. The van der Waals surface area contributed by atoms with Crippen molar-refractivity contribution in [3.8, 4) is 0 Å². The molecule has 0 unspecified atom stereocenters. The first-order chi connectivity index (χ1) is 8.54. The Bertz CT molecular complexity index is 497. The fourth-order valence-corrected chi connectivity index (χ4v) is 1.77. The predicted octanol–water partition coefficient (Wildman–Crippen LogP) is 4.47. The van der Waals surface area contributed by atoms with Crippen molar-refractivity contribution in [1.29, 1.82) is 0 Å². The van der Waals surface area contributed by atoms with E-state index in [1.165, 1.54) is 16.7 Å². The lowest BCUT2D eigenvalue weighted by Crippen LogP contribution is -1.85. The zero-order valence-electron chi connectivity index (χ0n) is 11.6. The Morgan fingerprint density at radius 3 is 2.33 bits per heavy atom. The molecule has 0 radical (unpaired) electrons. The second-order valence-corrected chi connectivity index (χ2v) is 4.30. The zero-order valence-corrected chi connectivity index (χ0v) is 11.6. The minimum absolute atomic E-state index is 0.646. The van der Waals surface area contributed by atoms with Gasteiger partial charge in [-0.05, 0) is 44.9 Å². The molecule has 18 heavy (non-hydrogen) atoms. The van der Waals surface area contributed by atoms with Crippen LogP contribution in [0.5, 0.6) is 0 Å². The fraction of sp³-hybridized carbons (Fsp3) is 0.250. The molecule has 0 spiro atoms. The van der Waals surface area contributed by atoms with Gasteiger partial charge in [-0.25, -0.2) is 0 Å². The van der Waals surface area contributed by atoms with Gasteiger partial charge in [-0.3, -0.25) is 9.98 Å². The molecule has 0 atom stereocenters. The molecule has 0 aliphatic carbocycles. The van der Waals surface area contributed by atoms with Crippen LogP contribution in [0, 0.1) is 20.8 Å². The molecule has 1 aromatic carbocycles. The monoisotopic (exact) mass is 240 g/mol. The lowest BCUT2D eigenvalue weighted by molar-refractivity contribution is 1.29. The van der Waals surface area contributed by atoms with Crippen molar-refractivity contribution in [2.24, 2.45) is 9.98 Å². The molecule has 0 aliphatic heterocycles. The summed E-state index contributed by atoms with van der Waals surface area (Å²) in [6, 6.07) is 4.26. The van der Waals surface area contributed by atoms with E-state index in [1.54, 1.807) is 12.4 Å². The van der Waals surface area contributed by atoms with Crippen molar-refractivity contribution < 1.29 is 0 Å². The van der Waals surface area contributed by atoms with Crippen LogP contribution in [0.25, 0.3) is 0 Å². The van der Waals surface area contributed by atoms with E-state index in [1.807, 2.05) is 19.1 Å². The molecular weight excluding hydrogens is 220 g/mol. The Hall–Kier alpha value is -1.96. The SMILES string of the molecule is C=C(/C=N/c1c(C)cc(C)cc1C)/N=C\C=C/C. The van der Waals surface area contributed by atoms with Crippen LogP contribution >= 0.6 is 0 Å². The van der Waals surface area contributed by atoms with Gasteiger partial charge in [0.2, 0.25) is 0 Å². The molecule has 0 N–H and O–H groups in total. The van der Waals surface area contributed by atoms with Crippen LogP contribution in [0.4, 0.5) is 5.69 Å². The molecule has 0 bridgehead atoms. The van der Waals surface area contributed by atoms with Gasteiger partial charge in [0.25, 0.3) is 0 Å². The Morgan fingerprint density at radius 1 is 1.17 bits per heavy atom.